The number of nitrogens with zero attached hydrogens (tertiary/aromatic N) is 3. The molecule has 0 aromatic heterocycles. The zero-order valence-corrected chi connectivity index (χ0v) is 6.52. The molecule has 0 bridgehead atoms. The van der Waals surface area contributed by atoms with Crippen LogP contribution in [0.5, 0.6) is 0 Å². The largest absolute Gasteiger partial charge is 0.370 e. The SMILES string of the molecule is CN[C@@H](CC(N)=O)C(=O)N=[N+]=[N-]. The number of hydrogen-bond acceptors (Lipinski definition) is 3. The molecular formula is C5H9N5O2. The first-order chi connectivity index (χ1) is 5.61. The van der Waals surface area contributed by atoms with Gasteiger partial charge in [0.2, 0.25) is 11.8 Å². The molecule has 0 aliphatic rings. The Morgan fingerprint density at radius 3 is 2.67 bits per heavy atom. The Morgan fingerprint density at radius 1 is 1.75 bits per heavy atom. The number of carbonyl (C=O) groups excluding carboxylic acids is 2. The van der Waals surface area contributed by atoms with Gasteiger partial charge in [0.25, 0.3) is 0 Å². The van der Waals surface area contributed by atoms with Gasteiger partial charge >= 0.3 is 0 Å². The molecule has 12 heavy (non-hydrogen) atoms. The van der Waals surface area contributed by atoms with E-state index < -0.39 is 17.9 Å². The molecule has 0 aromatic carbocycles. The highest BCUT2D eigenvalue weighted by atomic mass is 16.2. The van der Waals surface area contributed by atoms with Crippen molar-refractivity contribution in [2.75, 3.05) is 7.05 Å². The summed E-state index contributed by atoms with van der Waals surface area (Å²) in [5, 5.41) is 5.32. The molecule has 7 nitrogen and oxygen atoms in total. The topological polar surface area (TPSA) is 121 Å². The van der Waals surface area contributed by atoms with E-state index in [1.54, 1.807) is 0 Å². The molecular weight excluding hydrogens is 162 g/mol. The fourth-order valence-electron chi connectivity index (χ4n) is 0.628. The summed E-state index contributed by atoms with van der Waals surface area (Å²) in [5.74, 6) is -1.37. The van der Waals surface area contributed by atoms with Gasteiger partial charge in [-0.05, 0) is 17.7 Å². The molecule has 0 fully saturated rings. The number of amides is 2. The third kappa shape index (κ3) is 3.55. The molecule has 0 aliphatic carbocycles. The lowest BCUT2D eigenvalue weighted by Crippen LogP contribution is -2.36. The van der Waals surface area contributed by atoms with Crippen molar-refractivity contribution in [2.24, 2.45) is 10.8 Å². The van der Waals surface area contributed by atoms with Gasteiger partial charge in [-0.15, -0.1) is 0 Å². The number of likely N-dealkylation sites (N-methyl/N-ethyl adjacent to an activating group) is 1. The lowest BCUT2D eigenvalue weighted by molar-refractivity contribution is -0.124. The van der Waals surface area contributed by atoms with Gasteiger partial charge in [0.1, 0.15) is 0 Å². The molecule has 0 unspecified atom stereocenters. The Labute approximate surface area is 68.5 Å². The van der Waals surface area contributed by atoms with E-state index in [0.717, 1.165) is 0 Å². The normalized spacial score (nSPS) is 11.4. The Balaban J connectivity index is 4.23. The van der Waals surface area contributed by atoms with E-state index in [1.807, 2.05) is 0 Å². The fraction of sp³-hybridized carbons (Fsp3) is 0.600. The van der Waals surface area contributed by atoms with Crippen molar-refractivity contribution < 1.29 is 9.59 Å². The summed E-state index contributed by atoms with van der Waals surface area (Å²) in [6.45, 7) is 0. The van der Waals surface area contributed by atoms with Crippen LogP contribution in [0.2, 0.25) is 0 Å². The number of carbonyl (C=O) groups is 2. The van der Waals surface area contributed by atoms with Crippen LogP contribution >= 0.6 is 0 Å². The zero-order chi connectivity index (χ0) is 9.56. The van der Waals surface area contributed by atoms with Crippen LogP contribution < -0.4 is 11.1 Å². The van der Waals surface area contributed by atoms with Crippen LogP contribution in [0, 0.1) is 0 Å². The summed E-state index contributed by atoms with van der Waals surface area (Å²) in [7, 11) is 1.47. The predicted molar refractivity (Wildman–Crippen MR) is 40.8 cm³/mol. The minimum Gasteiger partial charge on any atom is -0.370 e. The van der Waals surface area contributed by atoms with Crippen LogP contribution in [0.1, 0.15) is 6.42 Å². The third-order valence-electron chi connectivity index (χ3n) is 1.20. The molecule has 0 heterocycles. The highest BCUT2D eigenvalue weighted by Gasteiger charge is 2.16. The fourth-order valence-corrected chi connectivity index (χ4v) is 0.628. The molecule has 0 rings (SSSR count). The minimum atomic E-state index is -0.821. The molecule has 66 valence electrons. The maximum absolute atomic E-state index is 10.8. The Hall–Kier alpha value is -1.59. The van der Waals surface area contributed by atoms with Crippen LogP contribution in [-0.4, -0.2) is 24.9 Å². The van der Waals surface area contributed by atoms with E-state index in [0.29, 0.717) is 0 Å². The molecule has 7 heteroatoms. The molecule has 0 saturated carbocycles. The maximum Gasteiger partial charge on any atom is 0.236 e. The molecule has 0 aromatic rings. The second kappa shape index (κ2) is 5.11. The van der Waals surface area contributed by atoms with Crippen LogP contribution in [0.25, 0.3) is 10.4 Å². The Bertz CT molecular complexity index is 232. The summed E-state index contributed by atoms with van der Waals surface area (Å²) in [6.07, 6.45) is -0.172. The van der Waals surface area contributed by atoms with Gasteiger partial charge in [-0.1, -0.05) is 0 Å². The van der Waals surface area contributed by atoms with E-state index in [9.17, 15) is 9.59 Å². The van der Waals surface area contributed by atoms with Crippen molar-refractivity contribution in [3.05, 3.63) is 10.4 Å². The zero-order valence-electron chi connectivity index (χ0n) is 6.52. The van der Waals surface area contributed by atoms with Gasteiger partial charge in [0.05, 0.1) is 6.04 Å². The van der Waals surface area contributed by atoms with Gasteiger partial charge < -0.3 is 11.1 Å². The summed E-state index contributed by atoms with van der Waals surface area (Å²) < 4.78 is 0. The summed E-state index contributed by atoms with van der Waals surface area (Å²) in [5.41, 5.74) is 12.7. The highest BCUT2D eigenvalue weighted by Crippen LogP contribution is 1.93. The smallest absolute Gasteiger partial charge is 0.236 e. The Kier molecular flexibility index (Phi) is 4.43. The average molecular weight is 171 g/mol. The third-order valence-corrected chi connectivity index (χ3v) is 1.20. The molecule has 0 spiro atoms. The molecule has 2 amide bonds. The van der Waals surface area contributed by atoms with Gasteiger partial charge in [-0.25, -0.2) is 0 Å². The van der Waals surface area contributed by atoms with Crippen LogP contribution in [-0.2, 0) is 9.59 Å². The van der Waals surface area contributed by atoms with Crippen molar-refractivity contribution in [3.63, 3.8) is 0 Å². The van der Waals surface area contributed by atoms with E-state index in [2.05, 4.69) is 15.3 Å². The highest BCUT2D eigenvalue weighted by molar-refractivity contribution is 5.88. The van der Waals surface area contributed by atoms with Gasteiger partial charge in [-0.2, -0.15) is 0 Å². The van der Waals surface area contributed by atoms with Crippen LogP contribution in [0.3, 0.4) is 0 Å². The van der Waals surface area contributed by atoms with Crippen molar-refractivity contribution in [2.45, 2.75) is 12.5 Å². The van der Waals surface area contributed by atoms with Crippen molar-refractivity contribution >= 4 is 11.8 Å². The number of rotatable bonds is 4. The van der Waals surface area contributed by atoms with E-state index in [-0.39, 0.29) is 6.42 Å². The average Bonchev–Trinajstić information content (AvgIpc) is 2.00. The maximum atomic E-state index is 10.8. The minimum absolute atomic E-state index is 0.172. The Morgan fingerprint density at radius 2 is 2.33 bits per heavy atom. The van der Waals surface area contributed by atoms with Crippen molar-refractivity contribution in [1.82, 2.24) is 5.32 Å². The first-order valence-electron chi connectivity index (χ1n) is 3.16. The predicted octanol–water partition coefficient (Wildman–Crippen LogP) is -0.713. The van der Waals surface area contributed by atoms with Gasteiger partial charge in [0.15, 0.2) is 0 Å². The monoisotopic (exact) mass is 171 g/mol. The molecule has 0 aliphatic heterocycles. The van der Waals surface area contributed by atoms with E-state index >= 15 is 0 Å². The number of primary amides is 1. The van der Waals surface area contributed by atoms with Crippen molar-refractivity contribution in [1.29, 1.82) is 0 Å². The molecule has 1 atom stereocenters. The summed E-state index contributed by atoms with van der Waals surface area (Å²) >= 11 is 0. The molecule has 0 saturated heterocycles. The van der Waals surface area contributed by atoms with E-state index in [4.69, 9.17) is 11.3 Å². The number of nitrogens with one attached hydrogen (secondary N) is 1. The first kappa shape index (κ1) is 10.4. The van der Waals surface area contributed by atoms with Gasteiger partial charge in [-0.3, -0.25) is 9.59 Å². The second-order valence-electron chi connectivity index (χ2n) is 2.04. The molecule has 3 N–H and O–H groups in total. The first-order valence-corrected chi connectivity index (χ1v) is 3.16. The number of nitrogens with two attached hydrogens (primary N) is 1. The lowest BCUT2D eigenvalue weighted by atomic mass is 10.2. The lowest BCUT2D eigenvalue weighted by Gasteiger charge is -2.08. The quantitative estimate of drug-likeness (QED) is 0.330. The van der Waals surface area contributed by atoms with Gasteiger partial charge in [0, 0.05) is 11.3 Å². The van der Waals surface area contributed by atoms with Crippen LogP contribution in [0.4, 0.5) is 0 Å². The van der Waals surface area contributed by atoms with Crippen molar-refractivity contribution in [3.8, 4) is 0 Å². The number of azide groups is 1. The molecule has 0 radical (unpaired) electrons. The number of hydrogen-bond donors (Lipinski definition) is 2. The standard InChI is InChI=1S/C5H9N5O2/c1-8-3(2-4(6)11)5(12)9-10-7/h3,8H,2H2,1H3,(H2,6,11)/t3-/m0/s1. The summed E-state index contributed by atoms with van der Waals surface area (Å²) in [4.78, 5) is 23.5. The second-order valence-corrected chi connectivity index (χ2v) is 2.04. The van der Waals surface area contributed by atoms with Crippen LogP contribution in [0.15, 0.2) is 5.11 Å². The van der Waals surface area contributed by atoms with E-state index in [1.165, 1.54) is 7.05 Å². The summed E-state index contributed by atoms with van der Waals surface area (Å²) in [6, 6.07) is -0.821.